The van der Waals surface area contributed by atoms with E-state index < -0.39 is 17.1 Å². The fourth-order valence-corrected chi connectivity index (χ4v) is 6.02. The number of hydrogen-bond donors (Lipinski definition) is 3. The topological polar surface area (TPSA) is 124 Å². The molecular formula is C40H37N3O7S. The van der Waals surface area contributed by atoms with Crippen LogP contribution in [0.2, 0.25) is 0 Å². The zero-order valence-electron chi connectivity index (χ0n) is 28.5. The van der Waals surface area contributed by atoms with Gasteiger partial charge < -0.3 is 34.9 Å². The van der Waals surface area contributed by atoms with Gasteiger partial charge in [0.25, 0.3) is 11.8 Å². The van der Waals surface area contributed by atoms with Crippen LogP contribution in [0.25, 0.3) is 6.08 Å². The number of benzene rings is 5. The van der Waals surface area contributed by atoms with E-state index >= 15 is 0 Å². The fourth-order valence-electron chi connectivity index (χ4n) is 5.00. The summed E-state index contributed by atoms with van der Waals surface area (Å²) in [7, 11) is 6.09. The van der Waals surface area contributed by atoms with E-state index in [1.165, 1.54) is 39.2 Å². The third kappa shape index (κ3) is 9.49. The molecule has 260 valence electrons. The first kappa shape index (κ1) is 36.1. The van der Waals surface area contributed by atoms with Gasteiger partial charge in [-0.25, -0.2) is 0 Å². The number of ether oxygens (including phenoxy) is 4. The first-order chi connectivity index (χ1) is 24.8. The largest absolute Gasteiger partial charge is 0.497 e. The van der Waals surface area contributed by atoms with Crippen LogP contribution in [0.3, 0.4) is 0 Å². The Kier molecular flexibility index (Phi) is 12.4. The third-order valence-electron chi connectivity index (χ3n) is 7.63. The molecule has 10 nitrogen and oxygen atoms in total. The summed E-state index contributed by atoms with van der Waals surface area (Å²) >= 11 is 1.38. The highest BCUT2D eigenvalue weighted by Gasteiger charge is 2.23. The van der Waals surface area contributed by atoms with Gasteiger partial charge in [-0.3, -0.25) is 14.4 Å². The zero-order valence-corrected chi connectivity index (χ0v) is 29.3. The summed E-state index contributed by atoms with van der Waals surface area (Å²) in [6.45, 7) is 0. The zero-order chi connectivity index (χ0) is 36.2. The summed E-state index contributed by atoms with van der Waals surface area (Å²) in [4.78, 5) is 41.3. The smallest absolute Gasteiger partial charge is 0.272 e. The van der Waals surface area contributed by atoms with Crippen LogP contribution in [0.4, 0.5) is 11.4 Å². The Morgan fingerprint density at radius 1 is 0.627 bits per heavy atom. The summed E-state index contributed by atoms with van der Waals surface area (Å²) in [6, 6.07) is 35.6. The van der Waals surface area contributed by atoms with Crippen molar-refractivity contribution in [3.63, 3.8) is 0 Å². The molecule has 0 spiro atoms. The molecule has 0 aliphatic carbocycles. The Labute approximate surface area is 300 Å². The Balaban J connectivity index is 1.38. The molecule has 0 radical (unpaired) electrons. The van der Waals surface area contributed by atoms with Crippen molar-refractivity contribution in [2.24, 2.45) is 0 Å². The van der Waals surface area contributed by atoms with Gasteiger partial charge in [-0.05, 0) is 78.4 Å². The monoisotopic (exact) mass is 703 g/mol. The van der Waals surface area contributed by atoms with Crippen molar-refractivity contribution in [1.82, 2.24) is 5.32 Å². The van der Waals surface area contributed by atoms with Gasteiger partial charge in [-0.2, -0.15) is 0 Å². The second-order valence-electron chi connectivity index (χ2n) is 10.9. The summed E-state index contributed by atoms with van der Waals surface area (Å²) in [5.74, 6) is 0.715. The number of nitrogens with one attached hydrogen (secondary N) is 3. The highest BCUT2D eigenvalue weighted by molar-refractivity contribution is 8.00. The van der Waals surface area contributed by atoms with E-state index in [-0.39, 0.29) is 11.6 Å². The van der Waals surface area contributed by atoms with Crippen LogP contribution in [0.1, 0.15) is 26.7 Å². The highest BCUT2D eigenvalue weighted by atomic mass is 32.2. The number of methoxy groups -OCH3 is 4. The minimum absolute atomic E-state index is 0.0350. The van der Waals surface area contributed by atoms with Crippen LogP contribution in [0.15, 0.2) is 132 Å². The molecule has 0 aliphatic heterocycles. The van der Waals surface area contributed by atoms with Crippen LogP contribution in [-0.4, -0.2) is 46.2 Å². The average molecular weight is 704 g/mol. The van der Waals surface area contributed by atoms with E-state index in [0.717, 1.165) is 10.5 Å². The molecular weight excluding hydrogens is 667 g/mol. The molecule has 5 rings (SSSR count). The lowest BCUT2D eigenvalue weighted by Gasteiger charge is -2.18. The Hall–Kier alpha value is -6.20. The SMILES string of the molecule is COc1ccc(NC(=O)C(Sc2ccc(NC(=O)/C(=C/c3cc(OC)c(OC)cc3OC)NC(=O)c3ccccc3)cc2)c2ccccc2)cc1. The molecule has 0 saturated carbocycles. The van der Waals surface area contributed by atoms with Gasteiger partial charge in [0.05, 0.1) is 28.4 Å². The first-order valence-corrected chi connectivity index (χ1v) is 16.7. The maximum atomic E-state index is 13.8. The van der Waals surface area contributed by atoms with Crippen molar-refractivity contribution in [2.45, 2.75) is 10.1 Å². The molecule has 1 unspecified atom stereocenters. The van der Waals surface area contributed by atoms with E-state index in [4.69, 9.17) is 18.9 Å². The maximum Gasteiger partial charge on any atom is 0.272 e. The van der Waals surface area contributed by atoms with Gasteiger partial charge in [0.2, 0.25) is 5.91 Å². The lowest BCUT2D eigenvalue weighted by Crippen LogP contribution is -2.30. The number of anilines is 2. The highest BCUT2D eigenvalue weighted by Crippen LogP contribution is 2.38. The minimum Gasteiger partial charge on any atom is -0.497 e. The van der Waals surface area contributed by atoms with Crippen molar-refractivity contribution in [1.29, 1.82) is 0 Å². The molecule has 5 aromatic rings. The molecule has 11 heteroatoms. The number of thioether (sulfide) groups is 1. The molecule has 51 heavy (non-hydrogen) atoms. The lowest BCUT2D eigenvalue weighted by molar-refractivity contribution is -0.116. The predicted octanol–water partition coefficient (Wildman–Crippen LogP) is 7.60. The second kappa shape index (κ2) is 17.5. The average Bonchev–Trinajstić information content (AvgIpc) is 3.17. The Bertz CT molecular complexity index is 1990. The van der Waals surface area contributed by atoms with Crippen LogP contribution in [0.5, 0.6) is 23.0 Å². The lowest BCUT2D eigenvalue weighted by atomic mass is 10.1. The van der Waals surface area contributed by atoms with Gasteiger partial charge in [-0.15, -0.1) is 11.8 Å². The molecule has 3 N–H and O–H groups in total. The van der Waals surface area contributed by atoms with Crippen molar-refractivity contribution in [3.8, 4) is 23.0 Å². The number of hydrogen-bond acceptors (Lipinski definition) is 8. The molecule has 0 bridgehead atoms. The summed E-state index contributed by atoms with van der Waals surface area (Å²) in [5, 5.41) is 8.04. The van der Waals surface area contributed by atoms with Gasteiger partial charge in [0, 0.05) is 33.5 Å². The van der Waals surface area contributed by atoms with Crippen LogP contribution < -0.4 is 34.9 Å². The maximum absolute atomic E-state index is 13.8. The van der Waals surface area contributed by atoms with E-state index in [2.05, 4.69) is 16.0 Å². The fraction of sp³-hybridized carbons (Fsp3) is 0.125. The molecule has 0 heterocycles. The van der Waals surface area contributed by atoms with Crippen molar-refractivity contribution < 1.29 is 33.3 Å². The van der Waals surface area contributed by atoms with Crippen molar-refractivity contribution >= 4 is 46.9 Å². The molecule has 1 atom stereocenters. The predicted molar refractivity (Wildman–Crippen MR) is 200 cm³/mol. The number of carbonyl (C=O) groups is 3. The van der Waals surface area contributed by atoms with Crippen molar-refractivity contribution in [3.05, 3.63) is 144 Å². The third-order valence-corrected chi connectivity index (χ3v) is 8.89. The second-order valence-corrected chi connectivity index (χ2v) is 12.1. The van der Waals surface area contributed by atoms with E-state index in [0.29, 0.717) is 45.5 Å². The molecule has 0 aliphatic rings. The first-order valence-electron chi connectivity index (χ1n) is 15.8. The normalized spacial score (nSPS) is 11.5. The van der Waals surface area contributed by atoms with Gasteiger partial charge in [0.1, 0.15) is 22.4 Å². The molecule has 0 aromatic heterocycles. The molecule has 5 aromatic carbocycles. The number of amides is 3. The summed E-state index contributed by atoms with van der Waals surface area (Å²) in [6.07, 6.45) is 1.51. The number of rotatable bonds is 14. The minimum atomic E-state index is -0.572. The van der Waals surface area contributed by atoms with Crippen LogP contribution >= 0.6 is 11.8 Å². The Morgan fingerprint density at radius 2 is 1.20 bits per heavy atom. The Morgan fingerprint density at radius 3 is 1.80 bits per heavy atom. The number of carbonyl (C=O) groups excluding carboxylic acids is 3. The summed E-state index contributed by atoms with van der Waals surface area (Å²) in [5.41, 5.74) is 2.77. The van der Waals surface area contributed by atoms with Gasteiger partial charge in [-0.1, -0.05) is 48.5 Å². The van der Waals surface area contributed by atoms with E-state index in [1.54, 1.807) is 86.0 Å². The standard InChI is InChI=1S/C40H37N3O7S/c1-47-31-19-15-29(16-20-31)42-40(46)37(26-11-7-5-8-12-26)51-32-21-17-30(18-22-32)41-39(45)33(43-38(44)27-13-9-6-10-14-27)23-28-24-35(49-3)36(50-4)25-34(28)48-2/h5-25,37H,1-4H3,(H,41,45)(H,42,46)(H,43,44)/b33-23-. The van der Waals surface area contributed by atoms with E-state index in [1.807, 2.05) is 42.5 Å². The molecule has 0 saturated heterocycles. The van der Waals surface area contributed by atoms with Crippen LogP contribution in [0, 0.1) is 0 Å². The molecule has 0 fully saturated rings. The van der Waals surface area contributed by atoms with Gasteiger partial charge >= 0.3 is 0 Å². The van der Waals surface area contributed by atoms with E-state index in [9.17, 15) is 14.4 Å². The van der Waals surface area contributed by atoms with Crippen LogP contribution in [-0.2, 0) is 9.59 Å². The quantitative estimate of drug-likeness (QED) is 0.0798. The van der Waals surface area contributed by atoms with Crippen molar-refractivity contribution in [2.75, 3.05) is 39.1 Å². The van der Waals surface area contributed by atoms with Gasteiger partial charge in [0.15, 0.2) is 11.5 Å². The molecule has 3 amide bonds. The summed E-state index contributed by atoms with van der Waals surface area (Å²) < 4.78 is 21.6.